The number of carbonyl (C=O) groups excluding carboxylic acids is 1. The van der Waals surface area contributed by atoms with Crippen molar-refractivity contribution in [2.45, 2.75) is 13.8 Å². The first kappa shape index (κ1) is 14.8. The first-order valence-corrected chi connectivity index (χ1v) is 5.21. The van der Waals surface area contributed by atoms with Crippen molar-refractivity contribution in [1.29, 1.82) is 0 Å². The Bertz CT molecular complexity index is 547. The predicted octanol–water partition coefficient (Wildman–Crippen LogP) is -1.87. The number of aromatic carboxylic acids is 1. The van der Waals surface area contributed by atoms with Crippen LogP contribution in [0.25, 0.3) is 11.4 Å². The molecule has 5 heteroatoms. The quantitative estimate of drug-likeness (QED) is 0.586. The number of benzene rings is 1. The van der Waals surface area contributed by atoms with Gasteiger partial charge in [-0.3, -0.25) is 0 Å². The van der Waals surface area contributed by atoms with Crippen LogP contribution in [0.15, 0.2) is 30.3 Å². The van der Waals surface area contributed by atoms with E-state index in [0.717, 1.165) is 5.56 Å². The molecule has 4 nitrogen and oxygen atoms in total. The topological polar surface area (TPSA) is 65.9 Å². The molecule has 0 N–H and O–H groups in total. The number of nitrogens with zero attached hydrogens (tertiary/aromatic N) is 2. The SMILES string of the molecule is Cc1nc(-c2ccccc2)nc(C)c1C(=O)[O-].[Na+]. The second-order valence-electron chi connectivity index (χ2n) is 3.75. The maximum atomic E-state index is 10.9. The molecule has 0 unspecified atom stereocenters. The Morgan fingerprint density at radius 3 is 2.00 bits per heavy atom. The standard InChI is InChI=1S/C13H12N2O2.Na/c1-8-11(13(16)17)9(2)15-12(14-8)10-6-4-3-5-7-10;/h3-7H,1-2H3,(H,16,17);/q;+1/p-1. The Hall–Kier alpha value is -1.23. The van der Waals surface area contributed by atoms with Crippen LogP contribution in [0.5, 0.6) is 0 Å². The van der Waals surface area contributed by atoms with Gasteiger partial charge >= 0.3 is 29.6 Å². The van der Waals surface area contributed by atoms with Gasteiger partial charge in [-0.15, -0.1) is 0 Å². The van der Waals surface area contributed by atoms with Crippen molar-refractivity contribution in [3.05, 3.63) is 47.3 Å². The number of aromatic nitrogens is 2. The Morgan fingerprint density at radius 2 is 1.56 bits per heavy atom. The molecule has 0 amide bonds. The van der Waals surface area contributed by atoms with Crippen LogP contribution in [0.1, 0.15) is 21.7 Å². The number of carboxylic acid groups (broad SMARTS) is 1. The average molecular weight is 250 g/mol. The van der Waals surface area contributed by atoms with Gasteiger partial charge in [0.2, 0.25) is 0 Å². The fraction of sp³-hybridized carbons (Fsp3) is 0.154. The second kappa shape index (κ2) is 6.09. The van der Waals surface area contributed by atoms with Crippen molar-refractivity contribution in [3.63, 3.8) is 0 Å². The Morgan fingerprint density at radius 1 is 1.06 bits per heavy atom. The van der Waals surface area contributed by atoms with Gasteiger partial charge in [-0.2, -0.15) is 0 Å². The van der Waals surface area contributed by atoms with E-state index in [1.807, 2.05) is 30.3 Å². The Kier molecular flexibility index (Phi) is 5.02. The number of hydrogen-bond donors (Lipinski definition) is 0. The molecular formula is C13H11N2NaO2. The van der Waals surface area contributed by atoms with E-state index in [-0.39, 0.29) is 35.1 Å². The number of hydrogen-bond acceptors (Lipinski definition) is 4. The summed E-state index contributed by atoms with van der Waals surface area (Å²) in [5.41, 5.74) is 1.79. The molecule has 1 aromatic carbocycles. The number of carboxylic acids is 1. The van der Waals surface area contributed by atoms with Gasteiger partial charge in [-0.25, -0.2) is 9.97 Å². The summed E-state index contributed by atoms with van der Waals surface area (Å²) in [4.78, 5) is 19.3. The van der Waals surface area contributed by atoms with E-state index in [1.54, 1.807) is 13.8 Å². The molecular weight excluding hydrogens is 239 g/mol. The van der Waals surface area contributed by atoms with Crippen LogP contribution in [0, 0.1) is 13.8 Å². The minimum Gasteiger partial charge on any atom is -0.545 e. The first-order valence-electron chi connectivity index (χ1n) is 5.21. The van der Waals surface area contributed by atoms with E-state index in [1.165, 1.54) is 0 Å². The minimum absolute atomic E-state index is 0. The summed E-state index contributed by atoms with van der Waals surface area (Å²) >= 11 is 0. The number of rotatable bonds is 2. The predicted molar refractivity (Wildman–Crippen MR) is 61.3 cm³/mol. The van der Waals surface area contributed by atoms with Gasteiger partial charge in [0.25, 0.3) is 0 Å². The van der Waals surface area contributed by atoms with Crippen LogP contribution in [0.3, 0.4) is 0 Å². The fourth-order valence-electron chi connectivity index (χ4n) is 1.73. The van der Waals surface area contributed by atoms with Gasteiger partial charge < -0.3 is 9.90 Å². The molecule has 18 heavy (non-hydrogen) atoms. The summed E-state index contributed by atoms with van der Waals surface area (Å²) in [5, 5.41) is 10.9. The molecule has 0 spiro atoms. The van der Waals surface area contributed by atoms with Crippen LogP contribution in [0.4, 0.5) is 0 Å². The molecule has 0 radical (unpaired) electrons. The zero-order valence-corrected chi connectivity index (χ0v) is 12.6. The molecule has 0 aliphatic heterocycles. The molecule has 0 fully saturated rings. The summed E-state index contributed by atoms with van der Waals surface area (Å²) in [7, 11) is 0. The van der Waals surface area contributed by atoms with Crippen molar-refractivity contribution in [2.24, 2.45) is 0 Å². The molecule has 0 saturated heterocycles. The molecule has 0 aliphatic rings. The Balaban J connectivity index is 0.00000162. The van der Waals surface area contributed by atoms with Gasteiger partial charge in [0, 0.05) is 11.1 Å². The van der Waals surface area contributed by atoms with Gasteiger partial charge in [0.1, 0.15) is 0 Å². The van der Waals surface area contributed by atoms with E-state index >= 15 is 0 Å². The van der Waals surface area contributed by atoms with Crippen LogP contribution in [0.2, 0.25) is 0 Å². The maximum Gasteiger partial charge on any atom is 1.00 e. The molecule has 1 heterocycles. The summed E-state index contributed by atoms with van der Waals surface area (Å²) in [6.45, 7) is 3.29. The molecule has 86 valence electrons. The molecule has 0 aliphatic carbocycles. The van der Waals surface area contributed by atoms with Gasteiger partial charge in [-0.1, -0.05) is 30.3 Å². The summed E-state index contributed by atoms with van der Waals surface area (Å²) < 4.78 is 0. The van der Waals surface area contributed by atoms with E-state index < -0.39 is 5.97 Å². The van der Waals surface area contributed by atoms with E-state index in [0.29, 0.717) is 17.2 Å². The van der Waals surface area contributed by atoms with Gasteiger partial charge in [0.05, 0.1) is 17.4 Å². The third kappa shape index (κ3) is 2.96. The van der Waals surface area contributed by atoms with Crippen molar-refractivity contribution >= 4 is 5.97 Å². The summed E-state index contributed by atoms with van der Waals surface area (Å²) in [6, 6.07) is 9.44. The summed E-state index contributed by atoms with van der Waals surface area (Å²) in [6.07, 6.45) is 0. The zero-order chi connectivity index (χ0) is 12.4. The minimum atomic E-state index is -1.24. The van der Waals surface area contributed by atoms with Crippen LogP contribution in [-0.2, 0) is 0 Å². The second-order valence-corrected chi connectivity index (χ2v) is 3.75. The third-order valence-electron chi connectivity index (χ3n) is 2.51. The zero-order valence-electron chi connectivity index (χ0n) is 10.6. The maximum absolute atomic E-state index is 10.9. The van der Waals surface area contributed by atoms with E-state index in [4.69, 9.17) is 0 Å². The molecule has 0 saturated carbocycles. The average Bonchev–Trinajstić information content (AvgIpc) is 2.28. The normalized spacial score (nSPS) is 9.67. The molecule has 0 bridgehead atoms. The first-order chi connectivity index (χ1) is 8.09. The van der Waals surface area contributed by atoms with Crippen LogP contribution in [-0.4, -0.2) is 15.9 Å². The molecule has 2 aromatic rings. The molecule has 0 atom stereocenters. The van der Waals surface area contributed by atoms with Crippen molar-refractivity contribution in [3.8, 4) is 11.4 Å². The van der Waals surface area contributed by atoms with Crippen molar-refractivity contribution < 1.29 is 39.5 Å². The van der Waals surface area contributed by atoms with Crippen molar-refractivity contribution in [1.82, 2.24) is 9.97 Å². The van der Waals surface area contributed by atoms with Crippen molar-refractivity contribution in [2.75, 3.05) is 0 Å². The Labute approximate surface area is 127 Å². The van der Waals surface area contributed by atoms with Gasteiger partial charge in [0.15, 0.2) is 5.82 Å². The van der Waals surface area contributed by atoms with E-state index in [9.17, 15) is 9.90 Å². The third-order valence-corrected chi connectivity index (χ3v) is 2.51. The number of carbonyl (C=O) groups is 1. The van der Waals surface area contributed by atoms with Gasteiger partial charge in [-0.05, 0) is 13.8 Å². The monoisotopic (exact) mass is 250 g/mol. The number of aryl methyl sites for hydroxylation is 2. The smallest absolute Gasteiger partial charge is 0.545 e. The fourth-order valence-corrected chi connectivity index (χ4v) is 1.73. The molecule has 2 rings (SSSR count). The van der Waals surface area contributed by atoms with Crippen LogP contribution >= 0.6 is 0 Å². The van der Waals surface area contributed by atoms with E-state index in [2.05, 4.69) is 9.97 Å². The van der Waals surface area contributed by atoms with Crippen LogP contribution < -0.4 is 34.7 Å². The molecule has 1 aromatic heterocycles. The largest absolute Gasteiger partial charge is 1.00 e. The summed E-state index contributed by atoms with van der Waals surface area (Å²) in [5.74, 6) is -0.704.